The van der Waals surface area contributed by atoms with Crippen molar-refractivity contribution in [1.29, 1.82) is 0 Å². The number of hydrogen-bond donors (Lipinski definition) is 1. The van der Waals surface area contributed by atoms with E-state index >= 15 is 0 Å². The summed E-state index contributed by atoms with van der Waals surface area (Å²) in [5.41, 5.74) is 0. The Bertz CT molecular complexity index is 190. The molecule has 3 heteroatoms. The Morgan fingerprint density at radius 2 is 2.21 bits per heavy atom. The minimum absolute atomic E-state index is 0.0861. The normalized spacial score (nSPS) is 17.9. The number of aliphatic hydroxyl groups is 1. The van der Waals surface area contributed by atoms with Gasteiger partial charge in [0.1, 0.15) is 0 Å². The highest BCUT2D eigenvalue weighted by atomic mass is 16.3. The monoisotopic (exact) mass is 199 g/mol. The van der Waals surface area contributed by atoms with E-state index in [9.17, 15) is 4.79 Å². The number of carbonyl (C=O) groups is 1. The predicted octanol–water partition coefficient (Wildman–Crippen LogP) is 1.41. The van der Waals surface area contributed by atoms with Crippen molar-refractivity contribution in [2.45, 2.75) is 45.6 Å². The van der Waals surface area contributed by atoms with Gasteiger partial charge < -0.3 is 10.0 Å². The van der Waals surface area contributed by atoms with E-state index in [0.717, 1.165) is 19.3 Å². The van der Waals surface area contributed by atoms with Crippen LogP contribution in [-0.2, 0) is 4.79 Å². The quantitative estimate of drug-likeness (QED) is 0.702. The fourth-order valence-corrected chi connectivity index (χ4v) is 1.56. The zero-order valence-corrected chi connectivity index (χ0v) is 9.20. The summed E-state index contributed by atoms with van der Waals surface area (Å²) in [7, 11) is 0. The van der Waals surface area contributed by atoms with Gasteiger partial charge in [-0.05, 0) is 18.8 Å². The second-order valence-electron chi connectivity index (χ2n) is 4.26. The van der Waals surface area contributed by atoms with E-state index in [1.165, 1.54) is 0 Å². The number of hydrogen-bond acceptors (Lipinski definition) is 2. The Balaban J connectivity index is 2.37. The second kappa shape index (κ2) is 5.35. The molecular weight excluding hydrogens is 178 g/mol. The summed E-state index contributed by atoms with van der Waals surface area (Å²) in [5.74, 6) is 0.679. The lowest BCUT2D eigenvalue weighted by molar-refractivity contribution is -0.133. The van der Waals surface area contributed by atoms with Gasteiger partial charge >= 0.3 is 0 Å². The van der Waals surface area contributed by atoms with Crippen molar-refractivity contribution in [3.05, 3.63) is 0 Å². The smallest absolute Gasteiger partial charge is 0.223 e. The van der Waals surface area contributed by atoms with Gasteiger partial charge in [-0.15, -0.1) is 0 Å². The van der Waals surface area contributed by atoms with E-state index in [4.69, 9.17) is 5.11 Å². The number of nitrogens with zero attached hydrogens (tertiary/aromatic N) is 1. The summed E-state index contributed by atoms with van der Waals surface area (Å²) in [4.78, 5) is 13.7. The molecule has 1 saturated carbocycles. The third-order valence-corrected chi connectivity index (χ3v) is 2.87. The molecule has 3 nitrogen and oxygen atoms in total. The molecule has 0 saturated heterocycles. The summed E-state index contributed by atoms with van der Waals surface area (Å²) in [6, 6.07) is 0.429. The van der Waals surface area contributed by atoms with Crippen molar-refractivity contribution in [1.82, 2.24) is 4.90 Å². The SMILES string of the molecule is CCC(C)CC(=O)N(CCO)C1CC1. The van der Waals surface area contributed by atoms with E-state index in [1.807, 2.05) is 4.90 Å². The Morgan fingerprint density at radius 3 is 2.64 bits per heavy atom. The lowest BCUT2D eigenvalue weighted by Gasteiger charge is -2.22. The Kier molecular flexibility index (Phi) is 4.39. The van der Waals surface area contributed by atoms with E-state index in [2.05, 4.69) is 13.8 Å². The summed E-state index contributed by atoms with van der Waals surface area (Å²) in [6.07, 6.45) is 3.91. The van der Waals surface area contributed by atoms with Crippen LogP contribution in [0.5, 0.6) is 0 Å². The molecule has 1 fully saturated rings. The predicted molar refractivity (Wildman–Crippen MR) is 55.9 cm³/mol. The minimum atomic E-state index is 0.0861. The number of amides is 1. The fourth-order valence-electron chi connectivity index (χ4n) is 1.56. The Morgan fingerprint density at radius 1 is 1.57 bits per heavy atom. The first kappa shape index (κ1) is 11.5. The molecule has 1 rings (SSSR count). The van der Waals surface area contributed by atoms with Gasteiger partial charge in [0.25, 0.3) is 0 Å². The van der Waals surface area contributed by atoms with Crippen LogP contribution < -0.4 is 0 Å². The van der Waals surface area contributed by atoms with Crippen LogP contribution in [0.1, 0.15) is 39.5 Å². The molecule has 1 aliphatic carbocycles. The molecule has 0 bridgehead atoms. The number of carbonyl (C=O) groups excluding carboxylic acids is 1. The average molecular weight is 199 g/mol. The van der Waals surface area contributed by atoms with Gasteiger partial charge in [-0.25, -0.2) is 0 Å². The highest BCUT2D eigenvalue weighted by molar-refractivity contribution is 5.77. The van der Waals surface area contributed by atoms with Crippen molar-refractivity contribution in [3.63, 3.8) is 0 Å². The molecule has 1 N–H and O–H groups in total. The first-order valence-electron chi connectivity index (χ1n) is 5.59. The van der Waals surface area contributed by atoms with Crippen LogP contribution in [0.4, 0.5) is 0 Å². The van der Waals surface area contributed by atoms with E-state index in [0.29, 0.717) is 24.9 Å². The number of rotatable bonds is 6. The summed E-state index contributed by atoms with van der Waals surface area (Å²) in [5, 5.41) is 8.86. The van der Waals surface area contributed by atoms with E-state index in [-0.39, 0.29) is 12.5 Å². The first-order chi connectivity index (χ1) is 6.69. The Hall–Kier alpha value is -0.570. The number of aliphatic hydroxyl groups excluding tert-OH is 1. The molecule has 1 aliphatic rings. The van der Waals surface area contributed by atoms with Crippen LogP contribution in [-0.4, -0.2) is 35.1 Å². The van der Waals surface area contributed by atoms with Crippen LogP contribution in [0.2, 0.25) is 0 Å². The first-order valence-corrected chi connectivity index (χ1v) is 5.59. The van der Waals surface area contributed by atoms with Crippen molar-refractivity contribution >= 4 is 5.91 Å². The average Bonchev–Trinajstić information content (AvgIpc) is 2.97. The maximum absolute atomic E-state index is 11.8. The van der Waals surface area contributed by atoms with Gasteiger partial charge in [0.2, 0.25) is 5.91 Å². The zero-order valence-electron chi connectivity index (χ0n) is 9.20. The molecule has 14 heavy (non-hydrogen) atoms. The molecule has 82 valence electrons. The minimum Gasteiger partial charge on any atom is -0.395 e. The van der Waals surface area contributed by atoms with Gasteiger partial charge in [0, 0.05) is 19.0 Å². The van der Waals surface area contributed by atoms with Gasteiger partial charge in [0.15, 0.2) is 0 Å². The van der Waals surface area contributed by atoms with Crippen molar-refractivity contribution in [2.24, 2.45) is 5.92 Å². The van der Waals surface area contributed by atoms with Crippen LogP contribution in [0.3, 0.4) is 0 Å². The third kappa shape index (κ3) is 3.29. The molecule has 0 aromatic carbocycles. The zero-order chi connectivity index (χ0) is 10.6. The molecule has 0 spiro atoms. The third-order valence-electron chi connectivity index (χ3n) is 2.87. The molecule has 0 aromatic rings. The molecule has 0 aliphatic heterocycles. The highest BCUT2D eigenvalue weighted by Gasteiger charge is 2.32. The second-order valence-corrected chi connectivity index (χ2v) is 4.26. The van der Waals surface area contributed by atoms with Crippen LogP contribution in [0, 0.1) is 5.92 Å². The fraction of sp³-hybridized carbons (Fsp3) is 0.909. The Labute approximate surface area is 86.1 Å². The topological polar surface area (TPSA) is 40.5 Å². The summed E-state index contributed by atoms with van der Waals surface area (Å²) >= 11 is 0. The largest absolute Gasteiger partial charge is 0.395 e. The van der Waals surface area contributed by atoms with Crippen LogP contribution in [0.15, 0.2) is 0 Å². The highest BCUT2D eigenvalue weighted by Crippen LogP contribution is 2.27. The lowest BCUT2D eigenvalue weighted by atomic mass is 10.0. The maximum atomic E-state index is 11.8. The molecular formula is C11H21NO2. The lowest BCUT2D eigenvalue weighted by Crippen LogP contribution is -2.36. The van der Waals surface area contributed by atoms with Crippen LogP contribution >= 0.6 is 0 Å². The van der Waals surface area contributed by atoms with Gasteiger partial charge in [-0.3, -0.25) is 4.79 Å². The summed E-state index contributed by atoms with van der Waals surface area (Å²) < 4.78 is 0. The van der Waals surface area contributed by atoms with E-state index < -0.39 is 0 Å². The van der Waals surface area contributed by atoms with Crippen molar-refractivity contribution in [3.8, 4) is 0 Å². The molecule has 0 aromatic heterocycles. The van der Waals surface area contributed by atoms with Gasteiger partial charge in [-0.2, -0.15) is 0 Å². The van der Waals surface area contributed by atoms with Crippen LogP contribution in [0.25, 0.3) is 0 Å². The van der Waals surface area contributed by atoms with Gasteiger partial charge in [0.05, 0.1) is 6.61 Å². The molecule has 1 amide bonds. The van der Waals surface area contributed by atoms with Gasteiger partial charge in [-0.1, -0.05) is 20.3 Å². The summed E-state index contributed by atoms with van der Waals surface area (Å²) in [6.45, 7) is 4.80. The molecule has 1 atom stereocenters. The maximum Gasteiger partial charge on any atom is 0.223 e. The van der Waals surface area contributed by atoms with E-state index in [1.54, 1.807) is 0 Å². The standard InChI is InChI=1S/C11H21NO2/c1-3-9(2)8-11(14)12(6-7-13)10-4-5-10/h9-10,13H,3-8H2,1-2H3. The van der Waals surface area contributed by atoms with Crippen molar-refractivity contribution < 1.29 is 9.90 Å². The van der Waals surface area contributed by atoms with Crippen molar-refractivity contribution in [2.75, 3.05) is 13.2 Å². The molecule has 1 unspecified atom stereocenters. The molecule has 0 heterocycles. The molecule has 0 radical (unpaired) electrons.